The van der Waals surface area contributed by atoms with E-state index in [9.17, 15) is 4.79 Å². The number of carbonyl (C=O) groups excluding carboxylic acids is 1. The molecule has 1 atom stereocenters. The Labute approximate surface area is 197 Å². The maximum absolute atomic E-state index is 12.5. The number of ether oxygens (including phenoxy) is 2. The molecule has 8 heteroatoms. The SMILES string of the molecule is CCn1c(SCC(=O)Nc2ccc3ccccc3c2)nnc1C(C)Oc1ccc(OC)cc1. The summed E-state index contributed by atoms with van der Waals surface area (Å²) in [5, 5.41) is 14.5. The fraction of sp³-hybridized carbons (Fsp3) is 0.240. The summed E-state index contributed by atoms with van der Waals surface area (Å²) in [6.07, 6.45) is -0.299. The Morgan fingerprint density at radius 2 is 1.76 bits per heavy atom. The molecule has 1 aromatic heterocycles. The number of fused-ring (bicyclic) bond motifs is 1. The van der Waals surface area contributed by atoms with Crippen molar-refractivity contribution >= 4 is 34.1 Å². The van der Waals surface area contributed by atoms with Gasteiger partial charge in [0.15, 0.2) is 17.1 Å². The van der Waals surface area contributed by atoms with Crippen LogP contribution in [0.15, 0.2) is 71.9 Å². The van der Waals surface area contributed by atoms with Crippen molar-refractivity contribution in [3.63, 3.8) is 0 Å². The highest BCUT2D eigenvalue weighted by molar-refractivity contribution is 7.99. The Balaban J connectivity index is 1.38. The summed E-state index contributed by atoms with van der Waals surface area (Å²) < 4.78 is 13.2. The van der Waals surface area contributed by atoms with Crippen LogP contribution in [0.5, 0.6) is 11.5 Å². The third-order valence-corrected chi connectivity index (χ3v) is 6.13. The highest BCUT2D eigenvalue weighted by Crippen LogP contribution is 2.26. The van der Waals surface area contributed by atoms with Gasteiger partial charge in [-0.3, -0.25) is 4.79 Å². The van der Waals surface area contributed by atoms with Gasteiger partial charge in [-0.05, 0) is 61.0 Å². The first kappa shape index (κ1) is 22.7. The molecule has 1 N–H and O–H groups in total. The van der Waals surface area contributed by atoms with Crippen LogP contribution in [0, 0.1) is 0 Å². The molecule has 1 heterocycles. The molecule has 33 heavy (non-hydrogen) atoms. The van der Waals surface area contributed by atoms with E-state index < -0.39 is 0 Å². The number of benzene rings is 3. The largest absolute Gasteiger partial charge is 0.497 e. The molecule has 3 aromatic carbocycles. The van der Waals surface area contributed by atoms with E-state index in [4.69, 9.17) is 9.47 Å². The molecular weight excluding hydrogens is 436 g/mol. The normalized spacial score (nSPS) is 11.8. The molecule has 0 spiro atoms. The van der Waals surface area contributed by atoms with Crippen molar-refractivity contribution in [3.05, 3.63) is 72.6 Å². The fourth-order valence-corrected chi connectivity index (χ4v) is 4.32. The number of hydrogen-bond acceptors (Lipinski definition) is 6. The Morgan fingerprint density at radius 1 is 1.03 bits per heavy atom. The molecule has 1 amide bonds. The average Bonchev–Trinajstić information content (AvgIpc) is 3.26. The first-order valence-corrected chi connectivity index (χ1v) is 11.7. The highest BCUT2D eigenvalue weighted by atomic mass is 32.2. The fourth-order valence-electron chi connectivity index (χ4n) is 3.51. The van der Waals surface area contributed by atoms with Crippen molar-refractivity contribution < 1.29 is 14.3 Å². The Hall–Kier alpha value is -3.52. The van der Waals surface area contributed by atoms with Crippen molar-refractivity contribution in [2.45, 2.75) is 31.7 Å². The lowest BCUT2D eigenvalue weighted by atomic mass is 10.1. The molecule has 0 fully saturated rings. The number of thioether (sulfide) groups is 1. The van der Waals surface area contributed by atoms with Gasteiger partial charge in [-0.25, -0.2) is 0 Å². The molecular formula is C25H26N4O3S. The number of nitrogens with one attached hydrogen (secondary N) is 1. The number of aromatic nitrogens is 3. The zero-order chi connectivity index (χ0) is 23.2. The van der Waals surface area contributed by atoms with Crippen molar-refractivity contribution in [3.8, 4) is 11.5 Å². The van der Waals surface area contributed by atoms with Crippen LogP contribution in [-0.4, -0.2) is 33.5 Å². The van der Waals surface area contributed by atoms with Crippen LogP contribution in [0.25, 0.3) is 10.8 Å². The maximum atomic E-state index is 12.5. The molecule has 4 rings (SSSR count). The summed E-state index contributed by atoms with van der Waals surface area (Å²) in [4.78, 5) is 12.5. The molecule has 0 bridgehead atoms. The topological polar surface area (TPSA) is 78.3 Å². The summed E-state index contributed by atoms with van der Waals surface area (Å²) in [5.74, 6) is 2.35. The zero-order valence-corrected chi connectivity index (χ0v) is 19.6. The number of methoxy groups -OCH3 is 1. The predicted molar refractivity (Wildman–Crippen MR) is 131 cm³/mol. The van der Waals surface area contributed by atoms with Gasteiger partial charge in [-0.2, -0.15) is 0 Å². The van der Waals surface area contributed by atoms with Gasteiger partial charge >= 0.3 is 0 Å². The molecule has 0 aliphatic heterocycles. The number of amides is 1. The van der Waals surface area contributed by atoms with Gasteiger partial charge in [-0.15, -0.1) is 10.2 Å². The molecule has 0 saturated heterocycles. The zero-order valence-electron chi connectivity index (χ0n) is 18.8. The Bertz CT molecular complexity index is 1240. The van der Waals surface area contributed by atoms with Gasteiger partial charge in [0.25, 0.3) is 0 Å². The van der Waals surface area contributed by atoms with Crippen LogP contribution in [0.3, 0.4) is 0 Å². The van der Waals surface area contributed by atoms with Gasteiger partial charge in [-0.1, -0.05) is 42.1 Å². The van der Waals surface area contributed by atoms with Gasteiger partial charge in [0.05, 0.1) is 12.9 Å². The van der Waals surface area contributed by atoms with Crippen molar-refractivity contribution in [1.82, 2.24) is 14.8 Å². The van der Waals surface area contributed by atoms with Gasteiger partial charge in [0.2, 0.25) is 5.91 Å². The van der Waals surface area contributed by atoms with E-state index in [0.717, 1.165) is 28.0 Å². The summed E-state index contributed by atoms with van der Waals surface area (Å²) in [5.41, 5.74) is 0.776. The summed E-state index contributed by atoms with van der Waals surface area (Å²) in [6.45, 7) is 4.63. The molecule has 1 unspecified atom stereocenters. The van der Waals surface area contributed by atoms with E-state index in [0.29, 0.717) is 17.5 Å². The van der Waals surface area contributed by atoms with Crippen molar-refractivity contribution in [2.75, 3.05) is 18.2 Å². The second kappa shape index (κ2) is 10.4. The molecule has 0 aliphatic carbocycles. The predicted octanol–water partition coefficient (Wildman–Crippen LogP) is 5.33. The Kier molecular flexibility index (Phi) is 7.14. The van der Waals surface area contributed by atoms with Crippen LogP contribution < -0.4 is 14.8 Å². The average molecular weight is 463 g/mol. The molecule has 4 aromatic rings. The molecule has 7 nitrogen and oxygen atoms in total. The first-order valence-electron chi connectivity index (χ1n) is 10.7. The van der Waals surface area contributed by atoms with Crippen LogP contribution in [0.4, 0.5) is 5.69 Å². The van der Waals surface area contributed by atoms with Crippen LogP contribution in [0.2, 0.25) is 0 Å². The van der Waals surface area contributed by atoms with E-state index >= 15 is 0 Å². The lowest BCUT2D eigenvalue weighted by molar-refractivity contribution is -0.113. The first-order chi connectivity index (χ1) is 16.1. The van der Waals surface area contributed by atoms with Crippen LogP contribution in [0.1, 0.15) is 25.8 Å². The van der Waals surface area contributed by atoms with E-state index in [1.807, 2.05) is 85.1 Å². The van der Waals surface area contributed by atoms with E-state index in [2.05, 4.69) is 15.5 Å². The Morgan fingerprint density at radius 3 is 2.48 bits per heavy atom. The quantitative estimate of drug-likeness (QED) is 0.339. The van der Waals surface area contributed by atoms with Gasteiger partial charge < -0.3 is 19.4 Å². The van der Waals surface area contributed by atoms with E-state index in [1.54, 1.807) is 7.11 Å². The number of carbonyl (C=O) groups is 1. The second-order valence-corrected chi connectivity index (χ2v) is 8.36. The molecule has 0 aliphatic rings. The minimum Gasteiger partial charge on any atom is -0.497 e. The number of nitrogens with zero attached hydrogens (tertiary/aromatic N) is 3. The van der Waals surface area contributed by atoms with Crippen molar-refractivity contribution in [2.24, 2.45) is 0 Å². The van der Waals surface area contributed by atoms with E-state index in [-0.39, 0.29) is 17.8 Å². The third-order valence-electron chi connectivity index (χ3n) is 5.16. The standard InChI is InChI=1S/C25H26N4O3S/c1-4-29-24(17(2)32-22-13-11-21(31-3)12-14-22)27-28-25(29)33-16-23(30)26-20-10-9-18-7-5-6-8-19(18)15-20/h5-15,17H,4,16H2,1-3H3,(H,26,30). The molecule has 0 saturated carbocycles. The molecule has 0 radical (unpaired) electrons. The lowest BCUT2D eigenvalue weighted by Gasteiger charge is -2.15. The van der Waals surface area contributed by atoms with Crippen LogP contribution >= 0.6 is 11.8 Å². The van der Waals surface area contributed by atoms with Gasteiger partial charge in [0.1, 0.15) is 11.5 Å². The second-order valence-electron chi connectivity index (χ2n) is 7.42. The molecule has 170 valence electrons. The highest BCUT2D eigenvalue weighted by Gasteiger charge is 2.19. The number of hydrogen-bond donors (Lipinski definition) is 1. The number of anilines is 1. The number of rotatable bonds is 9. The summed E-state index contributed by atoms with van der Waals surface area (Å²) >= 11 is 1.36. The minimum absolute atomic E-state index is 0.0926. The minimum atomic E-state index is -0.299. The summed E-state index contributed by atoms with van der Waals surface area (Å²) in [6, 6.07) is 21.4. The van der Waals surface area contributed by atoms with E-state index in [1.165, 1.54) is 11.8 Å². The van der Waals surface area contributed by atoms with Gasteiger partial charge in [0, 0.05) is 12.2 Å². The van der Waals surface area contributed by atoms with Crippen LogP contribution in [-0.2, 0) is 11.3 Å². The van der Waals surface area contributed by atoms with Crippen molar-refractivity contribution in [1.29, 1.82) is 0 Å². The third kappa shape index (κ3) is 5.46. The smallest absolute Gasteiger partial charge is 0.234 e. The lowest BCUT2D eigenvalue weighted by Crippen LogP contribution is -2.15. The maximum Gasteiger partial charge on any atom is 0.234 e. The monoisotopic (exact) mass is 462 g/mol. The summed E-state index contributed by atoms with van der Waals surface area (Å²) in [7, 11) is 1.63.